The molecule has 1 amide bonds. The van der Waals surface area contributed by atoms with Gasteiger partial charge in [-0.1, -0.05) is 29.4 Å². The number of halogens is 1. The molecule has 35 heavy (non-hydrogen) atoms. The second kappa shape index (κ2) is 12.4. The van der Waals surface area contributed by atoms with Crippen molar-refractivity contribution in [2.75, 3.05) is 38.7 Å². The molecule has 0 radical (unpaired) electrons. The van der Waals surface area contributed by atoms with Crippen LogP contribution >= 0.6 is 50.4 Å². The van der Waals surface area contributed by atoms with E-state index < -0.39 is 0 Å². The van der Waals surface area contributed by atoms with Crippen LogP contribution in [0.25, 0.3) is 0 Å². The highest BCUT2D eigenvalue weighted by molar-refractivity contribution is 7.99. The zero-order valence-electron chi connectivity index (χ0n) is 20.1. The highest BCUT2D eigenvalue weighted by atomic mass is 35.5. The summed E-state index contributed by atoms with van der Waals surface area (Å²) >= 11 is 7.83. The van der Waals surface area contributed by atoms with E-state index in [2.05, 4.69) is 14.9 Å². The van der Waals surface area contributed by atoms with E-state index in [9.17, 15) is 9.90 Å². The summed E-state index contributed by atoms with van der Waals surface area (Å²) in [6.45, 7) is 4.10. The molecule has 0 bridgehead atoms. The molecular weight excluding hydrogens is 526 g/mol. The quantitative estimate of drug-likeness (QED) is 0.576. The first-order valence-electron chi connectivity index (χ1n) is 11.0. The predicted molar refractivity (Wildman–Crippen MR) is 150 cm³/mol. The van der Waals surface area contributed by atoms with Crippen LogP contribution in [0, 0.1) is 5.41 Å². The topological polar surface area (TPSA) is 105 Å². The van der Waals surface area contributed by atoms with Crippen molar-refractivity contribution in [1.82, 2.24) is 14.9 Å². The molecule has 12 heteroatoms. The maximum atomic E-state index is 12.4. The minimum Gasteiger partial charge on any atom is -0.390 e. The molecular formula is C23H34ClN5O3S3. The van der Waals surface area contributed by atoms with Gasteiger partial charge in [0.1, 0.15) is 10.7 Å². The standard InChI is InChI=1S/C23H30ClN5O3S.2H2S/c1-14-20(25)23(13-32-14)7-9-29(10-8-23)21-16(12-30)27-18(11-26-21)33-17-6-4-5-15(19(17)24)22(31)28(2)3;;/h4-6,11,14,20,30H,7-10,12-13,25H2,1-3H3;2*1H2/t14-,20+;;/m0../s1. The molecule has 0 unspecified atom stereocenters. The van der Waals surface area contributed by atoms with Crippen LogP contribution < -0.4 is 10.6 Å². The first-order valence-corrected chi connectivity index (χ1v) is 12.2. The molecule has 3 N–H and O–H groups in total. The summed E-state index contributed by atoms with van der Waals surface area (Å²) in [7, 11) is 3.37. The summed E-state index contributed by atoms with van der Waals surface area (Å²) in [6.07, 6.45) is 3.61. The van der Waals surface area contributed by atoms with Crippen molar-refractivity contribution in [2.45, 2.75) is 48.4 Å². The lowest BCUT2D eigenvalue weighted by atomic mass is 9.73. The van der Waals surface area contributed by atoms with Gasteiger partial charge in [0.05, 0.1) is 36.1 Å². The molecule has 8 nitrogen and oxygen atoms in total. The molecule has 1 spiro atoms. The van der Waals surface area contributed by atoms with E-state index in [-0.39, 0.29) is 57.1 Å². The van der Waals surface area contributed by atoms with Crippen LogP contribution in [0.3, 0.4) is 0 Å². The van der Waals surface area contributed by atoms with Gasteiger partial charge in [0.15, 0.2) is 5.82 Å². The molecule has 3 heterocycles. The predicted octanol–water partition coefficient (Wildman–Crippen LogP) is 3.03. The van der Waals surface area contributed by atoms with Crippen LogP contribution in [-0.4, -0.2) is 71.8 Å². The summed E-state index contributed by atoms with van der Waals surface area (Å²) < 4.78 is 5.81. The lowest BCUT2D eigenvalue weighted by Crippen LogP contribution is -2.51. The summed E-state index contributed by atoms with van der Waals surface area (Å²) in [5.74, 6) is 0.532. The number of amides is 1. The molecule has 2 aliphatic heterocycles. The largest absolute Gasteiger partial charge is 0.390 e. The fourth-order valence-corrected chi connectivity index (χ4v) is 5.72. The number of rotatable bonds is 5. The molecule has 2 aromatic rings. The minimum absolute atomic E-state index is 0. The lowest BCUT2D eigenvalue weighted by molar-refractivity contribution is 0.0827. The number of nitrogens with two attached hydrogens (primary N) is 1. The Morgan fingerprint density at radius 1 is 1.34 bits per heavy atom. The maximum Gasteiger partial charge on any atom is 0.254 e. The van der Waals surface area contributed by atoms with Crippen molar-refractivity contribution in [3.63, 3.8) is 0 Å². The van der Waals surface area contributed by atoms with Crippen LogP contribution in [0.1, 0.15) is 35.8 Å². The number of carbonyl (C=O) groups excluding carboxylic acids is 1. The zero-order chi connectivity index (χ0) is 23.8. The Labute approximate surface area is 229 Å². The number of nitrogens with zero attached hydrogens (tertiary/aromatic N) is 4. The molecule has 1 aromatic heterocycles. The average Bonchev–Trinajstić information content (AvgIpc) is 3.09. The number of aliphatic hydroxyl groups excluding tert-OH is 1. The van der Waals surface area contributed by atoms with Gasteiger partial charge in [0.25, 0.3) is 5.91 Å². The number of piperidine rings is 1. The second-order valence-corrected chi connectivity index (χ2v) is 10.4. The number of aliphatic hydroxyl groups is 1. The highest BCUT2D eigenvalue weighted by Gasteiger charge is 2.47. The molecule has 2 fully saturated rings. The van der Waals surface area contributed by atoms with Gasteiger partial charge in [-0.05, 0) is 31.9 Å². The van der Waals surface area contributed by atoms with Gasteiger partial charge in [-0.3, -0.25) is 4.79 Å². The van der Waals surface area contributed by atoms with Crippen LogP contribution in [0.2, 0.25) is 5.02 Å². The van der Waals surface area contributed by atoms with Gasteiger partial charge >= 0.3 is 0 Å². The molecule has 0 aliphatic carbocycles. The van der Waals surface area contributed by atoms with Crippen molar-refractivity contribution >= 4 is 62.1 Å². The molecule has 2 atom stereocenters. The van der Waals surface area contributed by atoms with E-state index in [1.807, 2.05) is 13.0 Å². The van der Waals surface area contributed by atoms with E-state index in [1.54, 1.807) is 32.4 Å². The van der Waals surface area contributed by atoms with Crippen molar-refractivity contribution < 1.29 is 14.6 Å². The van der Waals surface area contributed by atoms with Crippen LogP contribution in [0.5, 0.6) is 0 Å². The van der Waals surface area contributed by atoms with E-state index in [1.165, 1.54) is 16.7 Å². The Morgan fingerprint density at radius 2 is 2.03 bits per heavy atom. The normalized spacial score (nSPS) is 20.8. The van der Waals surface area contributed by atoms with E-state index in [4.69, 9.17) is 22.1 Å². The molecule has 194 valence electrons. The Hall–Kier alpha value is -1.21. The number of hydrogen-bond acceptors (Lipinski definition) is 8. The molecule has 2 saturated heterocycles. The number of aromatic nitrogens is 2. The lowest BCUT2D eigenvalue weighted by Gasteiger charge is -2.41. The summed E-state index contributed by atoms with van der Waals surface area (Å²) in [6, 6.07) is 5.38. The Morgan fingerprint density at radius 3 is 2.60 bits per heavy atom. The van der Waals surface area contributed by atoms with Crippen LogP contribution in [0.15, 0.2) is 34.3 Å². The maximum absolute atomic E-state index is 12.4. The number of benzene rings is 1. The number of carbonyl (C=O) groups is 1. The van der Waals surface area contributed by atoms with Gasteiger partial charge in [-0.2, -0.15) is 27.0 Å². The summed E-state index contributed by atoms with van der Waals surface area (Å²) in [5.41, 5.74) is 7.40. The Balaban J connectivity index is 0.00000216. The molecule has 2 aliphatic rings. The summed E-state index contributed by atoms with van der Waals surface area (Å²) in [5, 5.41) is 11.0. The number of hydrogen-bond donors (Lipinski definition) is 2. The van der Waals surface area contributed by atoms with E-state index >= 15 is 0 Å². The third-order valence-corrected chi connectivity index (χ3v) is 8.16. The first kappa shape index (κ1) is 30.0. The Kier molecular flexibility index (Phi) is 10.6. The van der Waals surface area contributed by atoms with Gasteiger partial charge in [-0.15, -0.1) is 0 Å². The fourth-order valence-electron chi connectivity index (χ4n) is 4.57. The van der Waals surface area contributed by atoms with Crippen molar-refractivity contribution in [3.05, 3.63) is 40.7 Å². The summed E-state index contributed by atoms with van der Waals surface area (Å²) in [4.78, 5) is 26.0. The molecule has 4 rings (SSSR count). The van der Waals surface area contributed by atoms with Gasteiger partial charge in [0.2, 0.25) is 0 Å². The van der Waals surface area contributed by atoms with Gasteiger partial charge in [0, 0.05) is 43.5 Å². The highest BCUT2D eigenvalue weighted by Crippen LogP contribution is 2.42. The SMILES string of the molecule is C[C@@H]1OCC2(CCN(c3ncc(Sc4cccc(C(=O)N(C)C)c4Cl)nc3CO)CC2)[C@@H]1N.S.S. The van der Waals surface area contributed by atoms with Crippen LogP contribution in [0.4, 0.5) is 5.82 Å². The van der Waals surface area contributed by atoms with Crippen molar-refractivity contribution in [3.8, 4) is 0 Å². The third-order valence-electron chi connectivity index (χ3n) is 6.67. The first-order chi connectivity index (χ1) is 15.8. The fraction of sp³-hybridized carbons (Fsp3) is 0.522. The van der Waals surface area contributed by atoms with Gasteiger partial charge in [-0.25, -0.2) is 9.97 Å². The van der Waals surface area contributed by atoms with Crippen LogP contribution in [-0.2, 0) is 11.3 Å². The van der Waals surface area contributed by atoms with Gasteiger partial charge < -0.3 is 25.4 Å². The minimum atomic E-state index is -0.217. The third kappa shape index (κ3) is 6.03. The number of anilines is 1. The smallest absolute Gasteiger partial charge is 0.254 e. The van der Waals surface area contributed by atoms with Crippen molar-refractivity contribution in [2.24, 2.45) is 11.1 Å². The monoisotopic (exact) mass is 559 g/mol. The molecule has 1 aromatic carbocycles. The second-order valence-electron chi connectivity index (χ2n) is 8.95. The van der Waals surface area contributed by atoms with E-state index in [0.717, 1.165) is 25.9 Å². The zero-order valence-corrected chi connectivity index (χ0v) is 23.7. The van der Waals surface area contributed by atoms with E-state index in [0.29, 0.717) is 38.6 Å². The van der Waals surface area contributed by atoms with Crippen molar-refractivity contribution in [1.29, 1.82) is 0 Å². The average molecular weight is 560 g/mol. The Bertz CT molecular complexity index is 1040. The number of ether oxygens (including phenoxy) is 1. The molecule has 0 saturated carbocycles.